The van der Waals surface area contributed by atoms with E-state index in [1.54, 1.807) is 12.0 Å². The minimum Gasteiger partial charge on any atom is -0.495 e. The van der Waals surface area contributed by atoms with Crippen LogP contribution in [0.1, 0.15) is 19.8 Å². The monoisotopic (exact) mass is 319 g/mol. The van der Waals surface area contributed by atoms with E-state index in [-0.39, 0.29) is 11.5 Å². The average Bonchev–Trinajstić information content (AvgIpc) is 2.46. The first-order valence-corrected chi connectivity index (χ1v) is 8.17. The number of nitrogens with zero attached hydrogens (tertiary/aromatic N) is 2. The molecule has 6 heteroatoms. The third-order valence-corrected chi connectivity index (χ3v) is 4.67. The summed E-state index contributed by atoms with van der Waals surface area (Å²) >= 11 is 0. The summed E-state index contributed by atoms with van der Waals surface area (Å²) in [5.41, 5.74) is 7.85. The summed E-state index contributed by atoms with van der Waals surface area (Å²) < 4.78 is 10.5. The molecule has 2 saturated heterocycles. The molecule has 0 radical (unpaired) electrons. The van der Waals surface area contributed by atoms with E-state index < -0.39 is 0 Å². The number of ether oxygens (including phenoxy) is 2. The number of benzene rings is 1. The first-order valence-electron chi connectivity index (χ1n) is 8.17. The third-order valence-electron chi connectivity index (χ3n) is 4.67. The Hall–Kier alpha value is -2.11. The fourth-order valence-electron chi connectivity index (χ4n) is 3.33. The van der Waals surface area contributed by atoms with Crippen LogP contribution in [0.25, 0.3) is 0 Å². The van der Waals surface area contributed by atoms with E-state index in [1.165, 1.54) is 0 Å². The zero-order valence-corrected chi connectivity index (χ0v) is 13.9. The topological polar surface area (TPSA) is 68.0 Å². The molecule has 0 aliphatic carbocycles. The highest BCUT2D eigenvalue weighted by molar-refractivity contribution is 5.70. The lowest BCUT2D eigenvalue weighted by atomic mass is 9.73. The van der Waals surface area contributed by atoms with Gasteiger partial charge in [-0.05, 0) is 18.6 Å². The van der Waals surface area contributed by atoms with E-state index in [1.807, 2.05) is 18.2 Å². The number of rotatable bonds is 5. The first-order chi connectivity index (χ1) is 11.1. The van der Waals surface area contributed by atoms with Gasteiger partial charge in [-0.3, -0.25) is 0 Å². The number of methoxy groups -OCH3 is 1. The number of carbonyl (C=O) groups excluding carboxylic acids is 1. The summed E-state index contributed by atoms with van der Waals surface area (Å²) in [5, 5.41) is 0. The van der Waals surface area contributed by atoms with Crippen LogP contribution in [0.2, 0.25) is 0 Å². The maximum absolute atomic E-state index is 11.9. The van der Waals surface area contributed by atoms with Crippen molar-refractivity contribution in [1.29, 1.82) is 0 Å². The van der Waals surface area contributed by atoms with Gasteiger partial charge in [0, 0.05) is 43.3 Å². The Bertz CT molecular complexity index is 576. The average molecular weight is 319 g/mol. The van der Waals surface area contributed by atoms with Gasteiger partial charge in [-0.25, -0.2) is 4.79 Å². The van der Waals surface area contributed by atoms with Crippen LogP contribution in [0.5, 0.6) is 5.75 Å². The molecule has 0 aromatic heterocycles. The Morgan fingerprint density at radius 3 is 2.70 bits per heavy atom. The van der Waals surface area contributed by atoms with Crippen LogP contribution in [0, 0.1) is 5.41 Å². The van der Waals surface area contributed by atoms with E-state index >= 15 is 0 Å². The van der Waals surface area contributed by atoms with Crippen LogP contribution < -0.4 is 15.4 Å². The minimum absolute atomic E-state index is 0.170. The van der Waals surface area contributed by atoms with Gasteiger partial charge in [0.25, 0.3) is 0 Å². The molecule has 1 aromatic rings. The molecule has 0 bridgehead atoms. The normalized spacial score (nSPS) is 18.3. The molecule has 2 aliphatic rings. The van der Waals surface area contributed by atoms with E-state index in [0.29, 0.717) is 18.0 Å². The number of unbranched alkanes of at least 4 members (excludes halogenated alkanes) is 1. The number of hydrogen-bond donors (Lipinski definition) is 1. The number of anilines is 2. The van der Waals surface area contributed by atoms with E-state index in [0.717, 1.165) is 44.7 Å². The fraction of sp³-hybridized carbons (Fsp3) is 0.588. The molecule has 3 rings (SSSR count). The van der Waals surface area contributed by atoms with Crippen molar-refractivity contribution in [3.63, 3.8) is 0 Å². The van der Waals surface area contributed by atoms with E-state index in [2.05, 4.69) is 11.8 Å². The molecule has 1 spiro atoms. The quantitative estimate of drug-likeness (QED) is 0.666. The number of amides is 1. The summed E-state index contributed by atoms with van der Waals surface area (Å²) in [4.78, 5) is 16.0. The van der Waals surface area contributed by atoms with Crippen LogP contribution >= 0.6 is 0 Å². The number of nitrogens with two attached hydrogens (primary N) is 1. The molecule has 1 amide bonds. The molecular formula is C17H25N3O3. The van der Waals surface area contributed by atoms with Gasteiger partial charge in [0.15, 0.2) is 0 Å². The standard InChI is InChI=1S/C17H25N3O3/c1-3-4-7-23-16(21)20-11-17(12-20)9-19(10-17)13-5-6-14(18)15(8-13)22-2/h5-6,8H,3-4,7,9-12,18H2,1-2H3. The van der Waals surface area contributed by atoms with Crippen LogP contribution in [0.4, 0.5) is 16.2 Å². The van der Waals surface area contributed by atoms with Gasteiger partial charge in [-0.15, -0.1) is 0 Å². The Balaban J connectivity index is 1.48. The predicted octanol–water partition coefficient (Wildman–Crippen LogP) is 2.34. The van der Waals surface area contributed by atoms with Crippen LogP contribution in [0.3, 0.4) is 0 Å². The molecule has 6 nitrogen and oxygen atoms in total. The van der Waals surface area contributed by atoms with Gasteiger partial charge in [0.05, 0.1) is 19.4 Å². The summed E-state index contributed by atoms with van der Waals surface area (Å²) in [6.07, 6.45) is 1.80. The second-order valence-corrected chi connectivity index (χ2v) is 6.61. The molecule has 1 aromatic carbocycles. The third kappa shape index (κ3) is 3.02. The van der Waals surface area contributed by atoms with Gasteiger partial charge in [0.2, 0.25) is 0 Å². The highest BCUT2D eigenvalue weighted by atomic mass is 16.6. The smallest absolute Gasteiger partial charge is 0.409 e. The predicted molar refractivity (Wildman–Crippen MR) is 89.9 cm³/mol. The Morgan fingerprint density at radius 2 is 2.04 bits per heavy atom. The van der Waals surface area contributed by atoms with Crippen molar-refractivity contribution in [2.24, 2.45) is 5.41 Å². The summed E-state index contributed by atoms with van der Waals surface area (Å²) in [6, 6.07) is 5.86. The van der Waals surface area contributed by atoms with Crippen molar-refractivity contribution in [1.82, 2.24) is 4.90 Å². The summed E-state index contributed by atoms with van der Waals surface area (Å²) in [7, 11) is 1.63. The lowest BCUT2D eigenvalue weighted by Crippen LogP contribution is -2.73. The molecule has 2 heterocycles. The lowest BCUT2D eigenvalue weighted by Gasteiger charge is -2.60. The molecule has 126 valence electrons. The number of hydrogen-bond acceptors (Lipinski definition) is 5. The molecule has 23 heavy (non-hydrogen) atoms. The van der Waals surface area contributed by atoms with Gasteiger partial charge in [0.1, 0.15) is 5.75 Å². The second kappa shape index (κ2) is 6.18. The molecule has 2 N–H and O–H groups in total. The van der Waals surface area contributed by atoms with Crippen molar-refractivity contribution >= 4 is 17.5 Å². The molecular weight excluding hydrogens is 294 g/mol. The maximum Gasteiger partial charge on any atom is 0.409 e. The van der Waals surface area contributed by atoms with E-state index in [9.17, 15) is 4.79 Å². The SMILES string of the molecule is CCCCOC(=O)N1CC2(C1)CN(c1ccc(N)c(OC)c1)C2. The summed E-state index contributed by atoms with van der Waals surface area (Å²) in [5.74, 6) is 0.707. The van der Waals surface area contributed by atoms with Gasteiger partial charge in [-0.2, -0.15) is 0 Å². The van der Waals surface area contributed by atoms with Gasteiger partial charge < -0.3 is 25.0 Å². The molecule has 0 saturated carbocycles. The van der Waals surface area contributed by atoms with Crippen molar-refractivity contribution in [3.8, 4) is 5.75 Å². The van der Waals surface area contributed by atoms with Crippen molar-refractivity contribution in [3.05, 3.63) is 18.2 Å². The van der Waals surface area contributed by atoms with Crippen molar-refractivity contribution < 1.29 is 14.3 Å². The summed E-state index contributed by atoms with van der Waals surface area (Å²) in [6.45, 7) is 6.11. The Labute approximate surface area is 137 Å². The highest BCUT2D eigenvalue weighted by Crippen LogP contribution is 2.43. The Kier molecular flexibility index (Phi) is 4.24. The van der Waals surface area contributed by atoms with Gasteiger partial charge in [-0.1, -0.05) is 13.3 Å². The zero-order chi connectivity index (χ0) is 16.4. The fourth-order valence-corrected chi connectivity index (χ4v) is 3.33. The van der Waals surface area contributed by atoms with Crippen molar-refractivity contribution in [2.75, 3.05) is 50.5 Å². The lowest BCUT2D eigenvalue weighted by molar-refractivity contribution is -0.0207. The number of likely N-dealkylation sites (tertiary alicyclic amines) is 1. The maximum atomic E-state index is 11.9. The molecule has 0 atom stereocenters. The number of carbonyl (C=O) groups is 1. The molecule has 2 aliphatic heterocycles. The largest absolute Gasteiger partial charge is 0.495 e. The minimum atomic E-state index is -0.170. The van der Waals surface area contributed by atoms with Crippen LogP contribution in [-0.4, -0.2) is 50.9 Å². The van der Waals surface area contributed by atoms with Crippen LogP contribution in [-0.2, 0) is 4.74 Å². The zero-order valence-electron chi connectivity index (χ0n) is 13.9. The molecule has 0 unspecified atom stereocenters. The number of nitrogen functional groups attached to an aromatic ring is 1. The Morgan fingerprint density at radius 1 is 1.30 bits per heavy atom. The highest BCUT2D eigenvalue weighted by Gasteiger charge is 2.53. The molecule has 2 fully saturated rings. The van der Waals surface area contributed by atoms with Crippen LogP contribution in [0.15, 0.2) is 18.2 Å². The first kappa shape index (κ1) is 15.8. The van der Waals surface area contributed by atoms with Crippen molar-refractivity contribution in [2.45, 2.75) is 19.8 Å². The van der Waals surface area contributed by atoms with E-state index in [4.69, 9.17) is 15.2 Å². The second-order valence-electron chi connectivity index (χ2n) is 6.61. The van der Waals surface area contributed by atoms with Gasteiger partial charge >= 0.3 is 6.09 Å².